The van der Waals surface area contributed by atoms with Gasteiger partial charge >= 0.3 is 5.97 Å². The van der Waals surface area contributed by atoms with Gasteiger partial charge in [-0.1, -0.05) is 29.8 Å². The van der Waals surface area contributed by atoms with Gasteiger partial charge in [0.05, 0.1) is 31.1 Å². The van der Waals surface area contributed by atoms with E-state index in [0.29, 0.717) is 28.6 Å². The quantitative estimate of drug-likeness (QED) is 0.381. The Balaban J connectivity index is 1.36. The number of nitrogens with zero attached hydrogens (tertiary/aromatic N) is 4. The summed E-state index contributed by atoms with van der Waals surface area (Å²) in [5.74, 6) is -0.137. The van der Waals surface area contributed by atoms with E-state index in [9.17, 15) is 9.59 Å². The van der Waals surface area contributed by atoms with Crippen molar-refractivity contribution >= 4 is 29.2 Å². The molecule has 34 heavy (non-hydrogen) atoms. The summed E-state index contributed by atoms with van der Waals surface area (Å²) < 4.78 is 13.7. The maximum atomic E-state index is 12.6. The summed E-state index contributed by atoms with van der Waals surface area (Å²) in [6.07, 6.45) is 4.86. The molecule has 1 N–H and O–H groups in total. The Bertz CT molecular complexity index is 1330. The highest BCUT2D eigenvalue weighted by molar-refractivity contribution is 6.31. The van der Waals surface area contributed by atoms with Gasteiger partial charge in [0.25, 0.3) is 5.91 Å². The molecule has 2 heterocycles. The summed E-state index contributed by atoms with van der Waals surface area (Å²) in [5.41, 5.74) is 2.87. The Hall–Kier alpha value is -4.11. The second-order valence-corrected chi connectivity index (χ2v) is 7.86. The minimum Gasteiger partial charge on any atom is -0.471 e. The van der Waals surface area contributed by atoms with Crippen molar-refractivity contribution in [3.8, 4) is 5.75 Å². The largest absolute Gasteiger partial charge is 0.471 e. The number of esters is 1. The van der Waals surface area contributed by atoms with Gasteiger partial charge < -0.3 is 14.8 Å². The Morgan fingerprint density at radius 3 is 2.74 bits per heavy atom. The maximum Gasteiger partial charge on any atom is 0.338 e. The molecule has 0 bridgehead atoms. The van der Waals surface area contributed by atoms with Gasteiger partial charge in [-0.2, -0.15) is 10.2 Å². The highest BCUT2D eigenvalue weighted by atomic mass is 35.5. The molecule has 0 unspecified atom stereocenters. The van der Waals surface area contributed by atoms with E-state index in [2.05, 4.69) is 15.5 Å². The first-order chi connectivity index (χ1) is 16.4. The zero-order chi connectivity index (χ0) is 24.1. The van der Waals surface area contributed by atoms with Gasteiger partial charge in [-0.25, -0.2) is 9.48 Å². The Kier molecular flexibility index (Phi) is 6.93. The van der Waals surface area contributed by atoms with Crippen molar-refractivity contribution in [1.82, 2.24) is 19.6 Å². The number of rotatable bonds is 8. The summed E-state index contributed by atoms with van der Waals surface area (Å²) in [5, 5.41) is 11.9. The number of anilines is 1. The molecule has 0 aliphatic heterocycles. The van der Waals surface area contributed by atoms with Gasteiger partial charge in [0.1, 0.15) is 5.75 Å². The second-order valence-electron chi connectivity index (χ2n) is 7.45. The van der Waals surface area contributed by atoms with E-state index in [4.69, 9.17) is 21.1 Å². The highest BCUT2D eigenvalue weighted by Gasteiger charge is 2.14. The predicted molar refractivity (Wildman–Crippen MR) is 126 cm³/mol. The van der Waals surface area contributed by atoms with E-state index in [0.717, 1.165) is 11.1 Å². The lowest BCUT2D eigenvalue weighted by Crippen LogP contribution is -2.14. The number of hydrogen-bond donors (Lipinski definition) is 1. The average Bonchev–Trinajstić information content (AvgIpc) is 3.49. The molecule has 174 valence electrons. The van der Waals surface area contributed by atoms with Crippen LogP contribution in [-0.4, -0.2) is 38.5 Å². The molecule has 0 aliphatic rings. The van der Waals surface area contributed by atoms with Crippen molar-refractivity contribution in [3.63, 3.8) is 0 Å². The number of methoxy groups -OCH3 is 1. The Labute approximate surface area is 200 Å². The lowest BCUT2D eigenvalue weighted by molar-refractivity contribution is 0.0599. The number of nitrogens with one attached hydrogen (secondary N) is 1. The first kappa shape index (κ1) is 23.1. The van der Waals surface area contributed by atoms with Crippen molar-refractivity contribution in [1.29, 1.82) is 0 Å². The van der Waals surface area contributed by atoms with Crippen LogP contribution in [0.4, 0.5) is 5.69 Å². The van der Waals surface area contributed by atoms with Gasteiger partial charge in [0.2, 0.25) is 0 Å². The fourth-order valence-corrected chi connectivity index (χ4v) is 3.37. The normalized spacial score (nSPS) is 10.7. The number of aryl methyl sites for hydroxylation is 1. The van der Waals surface area contributed by atoms with E-state index in [1.165, 1.54) is 18.0 Å². The first-order valence-electron chi connectivity index (χ1n) is 10.4. The first-order valence-corrected chi connectivity index (χ1v) is 10.7. The van der Waals surface area contributed by atoms with Crippen molar-refractivity contribution in [2.45, 2.75) is 20.2 Å². The molecule has 2 aromatic carbocycles. The molecule has 0 spiro atoms. The van der Waals surface area contributed by atoms with E-state index < -0.39 is 5.97 Å². The molecule has 1 amide bonds. The van der Waals surface area contributed by atoms with Crippen LogP contribution in [0.2, 0.25) is 5.02 Å². The van der Waals surface area contributed by atoms with Crippen LogP contribution in [0.1, 0.15) is 32.0 Å². The van der Waals surface area contributed by atoms with Crippen LogP contribution >= 0.6 is 11.6 Å². The monoisotopic (exact) mass is 479 g/mol. The minimum atomic E-state index is -0.415. The van der Waals surface area contributed by atoms with Crippen molar-refractivity contribution in [3.05, 3.63) is 94.5 Å². The van der Waals surface area contributed by atoms with Gasteiger partial charge in [-0.15, -0.1) is 0 Å². The van der Waals surface area contributed by atoms with Gasteiger partial charge in [0, 0.05) is 17.4 Å². The van der Waals surface area contributed by atoms with Crippen LogP contribution in [0.15, 0.2) is 67.1 Å². The molecule has 4 rings (SSSR count). The van der Waals surface area contributed by atoms with Crippen LogP contribution < -0.4 is 10.1 Å². The highest BCUT2D eigenvalue weighted by Crippen LogP contribution is 2.21. The Morgan fingerprint density at radius 1 is 1.12 bits per heavy atom. The van der Waals surface area contributed by atoms with Gasteiger partial charge in [0.15, 0.2) is 12.4 Å². The number of amides is 1. The third-order valence-corrected chi connectivity index (χ3v) is 5.44. The lowest BCUT2D eigenvalue weighted by atomic mass is 10.1. The molecule has 9 nitrogen and oxygen atoms in total. The molecule has 0 aliphatic carbocycles. The Morgan fingerprint density at radius 2 is 1.94 bits per heavy atom. The summed E-state index contributed by atoms with van der Waals surface area (Å²) in [6, 6.07) is 14.1. The zero-order valence-electron chi connectivity index (χ0n) is 18.6. The maximum absolute atomic E-state index is 12.6. The fourth-order valence-electron chi connectivity index (χ4n) is 3.25. The summed E-state index contributed by atoms with van der Waals surface area (Å²) in [4.78, 5) is 24.6. The third kappa shape index (κ3) is 5.44. The number of carbonyl (C=O) groups is 2. The van der Waals surface area contributed by atoms with Crippen molar-refractivity contribution < 1.29 is 19.1 Å². The average molecular weight is 480 g/mol. The molecule has 0 saturated carbocycles. The topological polar surface area (TPSA) is 100 Å². The standard InChI is InChI=1S/C24H22ClN5O4/c1-16-11-19(7-8-21(16)25)34-15-29-10-9-22(28-29)23(31)27-18-12-26-30(14-18)13-17-5-3-4-6-20(17)24(32)33-2/h3-12,14H,13,15H2,1-2H3,(H,27,31). The molecule has 10 heteroatoms. The number of aromatic nitrogens is 4. The second kappa shape index (κ2) is 10.2. The van der Waals surface area contributed by atoms with E-state index in [1.54, 1.807) is 47.4 Å². The molecule has 0 radical (unpaired) electrons. The number of benzene rings is 2. The van der Waals surface area contributed by atoms with E-state index in [1.807, 2.05) is 25.1 Å². The van der Waals surface area contributed by atoms with Crippen molar-refractivity contribution in [2.75, 3.05) is 12.4 Å². The zero-order valence-corrected chi connectivity index (χ0v) is 19.3. The molecule has 2 aromatic heterocycles. The van der Waals surface area contributed by atoms with Crippen LogP contribution in [0, 0.1) is 6.92 Å². The molecule has 0 fully saturated rings. The molecule has 4 aromatic rings. The van der Waals surface area contributed by atoms with E-state index in [-0.39, 0.29) is 18.3 Å². The third-order valence-electron chi connectivity index (χ3n) is 5.01. The molecular weight excluding hydrogens is 458 g/mol. The molecule has 0 atom stereocenters. The number of hydrogen-bond acceptors (Lipinski definition) is 6. The lowest BCUT2D eigenvalue weighted by Gasteiger charge is -2.08. The fraction of sp³-hybridized carbons (Fsp3) is 0.167. The van der Waals surface area contributed by atoms with Gasteiger partial charge in [-0.3, -0.25) is 9.48 Å². The van der Waals surface area contributed by atoms with Gasteiger partial charge in [-0.05, 0) is 48.4 Å². The molecule has 0 saturated heterocycles. The van der Waals surface area contributed by atoms with Crippen LogP contribution in [0.5, 0.6) is 5.75 Å². The SMILES string of the molecule is COC(=O)c1ccccc1Cn1cc(NC(=O)c2ccn(COc3ccc(Cl)c(C)c3)n2)cn1. The van der Waals surface area contributed by atoms with Crippen LogP contribution in [0.3, 0.4) is 0 Å². The number of halogens is 1. The van der Waals surface area contributed by atoms with E-state index >= 15 is 0 Å². The number of carbonyl (C=O) groups excluding carboxylic acids is 2. The van der Waals surface area contributed by atoms with Crippen LogP contribution in [-0.2, 0) is 18.0 Å². The smallest absolute Gasteiger partial charge is 0.338 e. The van der Waals surface area contributed by atoms with Crippen molar-refractivity contribution in [2.24, 2.45) is 0 Å². The number of ether oxygens (including phenoxy) is 2. The van der Waals surface area contributed by atoms with Crippen LogP contribution in [0.25, 0.3) is 0 Å². The summed E-state index contributed by atoms with van der Waals surface area (Å²) in [6.45, 7) is 2.38. The summed E-state index contributed by atoms with van der Waals surface area (Å²) >= 11 is 6.03. The predicted octanol–water partition coefficient (Wildman–Crippen LogP) is 4.17. The summed E-state index contributed by atoms with van der Waals surface area (Å²) in [7, 11) is 1.34. The molecular formula is C24H22ClN5O4. The minimum absolute atomic E-state index is 0.145.